The molecular weight excluding hydrogens is 390 g/mol. The van der Waals surface area contributed by atoms with Crippen molar-refractivity contribution in [3.8, 4) is 11.8 Å². The molecule has 164 valence electrons. The molecule has 2 aromatic rings. The van der Waals surface area contributed by atoms with Gasteiger partial charge in [-0.15, -0.1) is 0 Å². The number of nitrogens with two attached hydrogens (primary N) is 1. The Morgan fingerprint density at radius 2 is 1.81 bits per heavy atom. The number of methoxy groups -OCH3 is 1. The molecule has 0 bridgehead atoms. The number of hydrogen-bond donors (Lipinski definition) is 2. The Balaban J connectivity index is 1.93. The zero-order valence-corrected chi connectivity index (χ0v) is 18.7. The summed E-state index contributed by atoms with van der Waals surface area (Å²) in [7, 11) is 1.75. The van der Waals surface area contributed by atoms with Gasteiger partial charge < -0.3 is 20.1 Å². The lowest BCUT2D eigenvalue weighted by Crippen LogP contribution is -2.37. The standard InChI is InChI=1S/C25H31N3O3/c1-25(2,3)31-24(29)27-22-17-23(28-14-12-20(30-4)13-15-28)19(16-21(22)26)11-10-18-8-6-5-7-9-18/h5-9,16-17,20H,12-15,26H2,1-4H3,(H,27,29). The van der Waals surface area contributed by atoms with Crippen molar-refractivity contribution in [2.45, 2.75) is 45.3 Å². The van der Waals surface area contributed by atoms with E-state index in [1.807, 2.05) is 63.2 Å². The van der Waals surface area contributed by atoms with Crippen molar-refractivity contribution in [3.05, 3.63) is 53.6 Å². The lowest BCUT2D eigenvalue weighted by Gasteiger charge is -2.34. The monoisotopic (exact) mass is 421 g/mol. The molecule has 0 atom stereocenters. The van der Waals surface area contributed by atoms with Crippen molar-refractivity contribution in [3.63, 3.8) is 0 Å². The minimum Gasteiger partial charge on any atom is -0.444 e. The zero-order valence-electron chi connectivity index (χ0n) is 18.7. The first kappa shape index (κ1) is 22.5. The molecule has 1 saturated heterocycles. The molecule has 3 N–H and O–H groups in total. The van der Waals surface area contributed by atoms with E-state index in [2.05, 4.69) is 22.1 Å². The molecule has 31 heavy (non-hydrogen) atoms. The van der Waals surface area contributed by atoms with Gasteiger partial charge in [-0.2, -0.15) is 0 Å². The summed E-state index contributed by atoms with van der Waals surface area (Å²) in [6.07, 6.45) is 1.59. The van der Waals surface area contributed by atoms with E-state index < -0.39 is 11.7 Å². The second-order valence-electron chi connectivity index (χ2n) is 8.62. The van der Waals surface area contributed by atoms with Crippen molar-refractivity contribution in [1.82, 2.24) is 0 Å². The first-order valence-electron chi connectivity index (χ1n) is 10.5. The van der Waals surface area contributed by atoms with Gasteiger partial charge in [-0.1, -0.05) is 30.0 Å². The Kier molecular flexibility index (Phi) is 7.09. The maximum atomic E-state index is 12.3. The largest absolute Gasteiger partial charge is 0.444 e. The van der Waals surface area contributed by atoms with Crippen LogP contribution in [0, 0.1) is 11.8 Å². The van der Waals surface area contributed by atoms with Crippen molar-refractivity contribution >= 4 is 23.2 Å². The molecule has 3 rings (SSSR count). The van der Waals surface area contributed by atoms with E-state index in [-0.39, 0.29) is 6.10 Å². The van der Waals surface area contributed by atoms with E-state index >= 15 is 0 Å². The summed E-state index contributed by atoms with van der Waals surface area (Å²) in [4.78, 5) is 14.6. The van der Waals surface area contributed by atoms with Crippen molar-refractivity contribution < 1.29 is 14.3 Å². The molecule has 1 fully saturated rings. The summed E-state index contributed by atoms with van der Waals surface area (Å²) in [6, 6.07) is 13.5. The third kappa shape index (κ3) is 6.40. The van der Waals surface area contributed by atoms with Crippen LogP contribution in [-0.2, 0) is 9.47 Å². The predicted molar refractivity (Wildman–Crippen MR) is 125 cm³/mol. The molecule has 6 heteroatoms. The summed E-state index contributed by atoms with van der Waals surface area (Å²) >= 11 is 0. The van der Waals surface area contributed by atoms with Crippen LogP contribution in [-0.4, -0.2) is 38.0 Å². The van der Waals surface area contributed by atoms with Gasteiger partial charge in [0.05, 0.1) is 28.7 Å². The van der Waals surface area contributed by atoms with Crippen LogP contribution in [0.2, 0.25) is 0 Å². The van der Waals surface area contributed by atoms with Crippen LogP contribution in [0.5, 0.6) is 0 Å². The molecule has 0 unspecified atom stereocenters. The van der Waals surface area contributed by atoms with Crippen molar-refractivity contribution in [2.24, 2.45) is 0 Å². The summed E-state index contributed by atoms with van der Waals surface area (Å²) < 4.78 is 10.9. The minimum absolute atomic E-state index is 0.267. The highest BCUT2D eigenvalue weighted by molar-refractivity contribution is 5.91. The molecule has 0 aromatic heterocycles. The molecule has 0 spiro atoms. The Labute approximate surface area is 184 Å². The van der Waals surface area contributed by atoms with Gasteiger partial charge in [0.1, 0.15) is 5.60 Å². The molecule has 0 saturated carbocycles. The van der Waals surface area contributed by atoms with Crippen LogP contribution in [0.1, 0.15) is 44.7 Å². The van der Waals surface area contributed by atoms with Crippen LogP contribution in [0.25, 0.3) is 0 Å². The predicted octanol–water partition coefficient (Wildman–Crippen LogP) is 4.63. The van der Waals surface area contributed by atoms with Gasteiger partial charge >= 0.3 is 6.09 Å². The highest BCUT2D eigenvalue weighted by atomic mass is 16.6. The van der Waals surface area contributed by atoms with Gasteiger partial charge in [-0.05, 0) is 57.9 Å². The number of ether oxygens (including phenoxy) is 2. The van der Waals surface area contributed by atoms with E-state index in [9.17, 15) is 4.79 Å². The second-order valence-corrected chi connectivity index (χ2v) is 8.62. The fraction of sp³-hybridized carbons (Fsp3) is 0.400. The number of hydrogen-bond acceptors (Lipinski definition) is 5. The fourth-order valence-corrected chi connectivity index (χ4v) is 3.48. The first-order chi connectivity index (χ1) is 14.7. The average molecular weight is 422 g/mol. The summed E-state index contributed by atoms with van der Waals surface area (Å²) in [5, 5.41) is 2.78. The van der Waals surface area contributed by atoms with Gasteiger partial charge in [0.2, 0.25) is 0 Å². The van der Waals surface area contributed by atoms with E-state index in [0.717, 1.165) is 42.7 Å². The Morgan fingerprint density at radius 3 is 2.42 bits per heavy atom. The molecule has 1 aliphatic rings. The van der Waals surface area contributed by atoms with Crippen molar-refractivity contribution in [1.29, 1.82) is 0 Å². The zero-order chi connectivity index (χ0) is 22.4. The minimum atomic E-state index is -0.592. The number of rotatable bonds is 3. The number of anilines is 3. The maximum Gasteiger partial charge on any atom is 0.412 e. The second kappa shape index (κ2) is 9.76. The summed E-state index contributed by atoms with van der Waals surface area (Å²) in [6.45, 7) is 7.15. The maximum absolute atomic E-state index is 12.3. The smallest absolute Gasteiger partial charge is 0.412 e. The third-order valence-electron chi connectivity index (χ3n) is 5.03. The van der Waals surface area contributed by atoms with Crippen LogP contribution < -0.4 is 16.0 Å². The third-order valence-corrected chi connectivity index (χ3v) is 5.03. The highest BCUT2D eigenvalue weighted by Gasteiger charge is 2.23. The van der Waals surface area contributed by atoms with Gasteiger partial charge in [-0.25, -0.2) is 4.79 Å². The molecule has 1 heterocycles. The van der Waals surface area contributed by atoms with Crippen LogP contribution in [0.4, 0.5) is 21.9 Å². The van der Waals surface area contributed by atoms with E-state index in [4.69, 9.17) is 15.2 Å². The molecule has 2 aromatic carbocycles. The Bertz CT molecular complexity index is 963. The van der Waals surface area contributed by atoms with Crippen LogP contribution >= 0.6 is 0 Å². The van der Waals surface area contributed by atoms with E-state index in [1.54, 1.807) is 7.11 Å². The normalized spacial score (nSPS) is 14.5. The van der Waals surface area contributed by atoms with Crippen molar-refractivity contribution in [2.75, 3.05) is 36.1 Å². The molecule has 1 aliphatic heterocycles. The van der Waals surface area contributed by atoms with Crippen LogP contribution in [0.15, 0.2) is 42.5 Å². The number of nitrogens with one attached hydrogen (secondary N) is 1. The van der Waals surface area contributed by atoms with E-state index in [1.165, 1.54) is 0 Å². The number of carbonyl (C=O) groups excluding carboxylic acids is 1. The topological polar surface area (TPSA) is 76.8 Å². The SMILES string of the molecule is COC1CCN(c2cc(NC(=O)OC(C)(C)C)c(N)cc2C#Cc2ccccc2)CC1. The quantitative estimate of drug-likeness (QED) is 0.558. The lowest BCUT2D eigenvalue weighted by molar-refractivity contribution is 0.0636. The Morgan fingerprint density at radius 1 is 1.13 bits per heavy atom. The molecule has 0 aliphatic carbocycles. The number of nitrogen functional groups attached to an aromatic ring is 1. The summed E-state index contributed by atoms with van der Waals surface area (Å²) in [5.74, 6) is 6.47. The summed E-state index contributed by atoms with van der Waals surface area (Å²) in [5.41, 5.74) is 9.34. The van der Waals surface area contributed by atoms with E-state index in [0.29, 0.717) is 11.4 Å². The average Bonchev–Trinajstić information content (AvgIpc) is 2.73. The van der Waals surface area contributed by atoms with Crippen LogP contribution in [0.3, 0.4) is 0 Å². The Hall–Kier alpha value is -3.17. The number of carbonyl (C=O) groups is 1. The van der Waals surface area contributed by atoms with Gasteiger partial charge in [0.25, 0.3) is 0 Å². The molecular formula is C25H31N3O3. The molecule has 6 nitrogen and oxygen atoms in total. The van der Waals surface area contributed by atoms with Gasteiger partial charge in [-0.3, -0.25) is 5.32 Å². The number of benzene rings is 2. The first-order valence-corrected chi connectivity index (χ1v) is 10.5. The fourth-order valence-electron chi connectivity index (χ4n) is 3.48. The van der Waals surface area contributed by atoms with Gasteiger partial charge in [0, 0.05) is 25.8 Å². The number of piperidine rings is 1. The molecule has 1 amide bonds. The molecule has 0 radical (unpaired) electrons. The van der Waals surface area contributed by atoms with Gasteiger partial charge in [0.15, 0.2) is 0 Å². The lowest BCUT2D eigenvalue weighted by atomic mass is 10.0. The number of amides is 1. The highest BCUT2D eigenvalue weighted by Crippen LogP contribution is 2.32. The number of nitrogens with zero attached hydrogens (tertiary/aromatic N) is 1.